The van der Waals surface area contributed by atoms with Gasteiger partial charge in [-0.3, -0.25) is 0 Å². The molecule has 5 rings (SSSR count). The lowest BCUT2D eigenvalue weighted by atomic mass is 9.96. The number of imidazole rings is 1. The van der Waals surface area contributed by atoms with Crippen LogP contribution < -0.4 is 19.3 Å². The minimum absolute atomic E-state index is 0.0687. The zero-order valence-electron chi connectivity index (χ0n) is 23.4. The van der Waals surface area contributed by atoms with Crippen LogP contribution in [0, 0.1) is 5.92 Å². The van der Waals surface area contributed by atoms with E-state index in [0.717, 1.165) is 37.6 Å². The number of alkyl halides is 3. The van der Waals surface area contributed by atoms with Crippen molar-refractivity contribution in [1.82, 2.24) is 29.5 Å². The lowest BCUT2D eigenvalue weighted by Gasteiger charge is -2.35. The van der Waals surface area contributed by atoms with Crippen molar-refractivity contribution < 1.29 is 22.6 Å². The van der Waals surface area contributed by atoms with E-state index in [1.807, 2.05) is 25.8 Å². The van der Waals surface area contributed by atoms with Crippen molar-refractivity contribution in [2.24, 2.45) is 13.0 Å². The van der Waals surface area contributed by atoms with E-state index in [2.05, 4.69) is 24.8 Å². The molecule has 0 aromatic carbocycles. The van der Waals surface area contributed by atoms with Gasteiger partial charge < -0.3 is 23.8 Å². The lowest BCUT2D eigenvalue weighted by Crippen LogP contribution is -2.39. The molecule has 1 aliphatic carbocycles. The molecule has 3 aromatic heterocycles. The number of piperidine rings is 1. The second-order valence-electron chi connectivity index (χ2n) is 10.8. The topological polar surface area (TPSA) is 94.3 Å². The molecule has 10 nitrogen and oxygen atoms in total. The summed E-state index contributed by atoms with van der Waals surface area (Å²) in [5, 5.41) is 0. The molecule has 1 saturated carbocycles. The monoisotopic (exact) mass is 560 g/mol. The molecule has 0 amide bonds. The zero-order valence-corrected chi connectivity index (χ0v) is 23.4. The first-order valence-electron chi connectivity index (χ1n) is 13.5. The highest BCUT2D eigenvalue weighted by atomic mass is 19.4. The summed E-state index contributed by atoms with van der Waals surface area (Å²) in [5.41, 5.74) is 0.738. The number of aryl methyl sites for hydroxylation is 1. The van der Waals surface area contributed by atoms with Gasteiger partial charge in [-0.05, 0) is 45.4 Å². The van der Waals surface area contributed by atoms with Crippen LogP contribution in [-0.4, -0.2) is 69.4 Å². The van der Waals surface area contributed by atoms with Crippen LogP contribution in [0.5, 0.6) is 11.6 Å². The maximum absolute atomic E-state index is 13.1. The highest BCUT2D eigenvalue weighted by Gasteiger charge is 2.36. The molecule has 0 atom stereocenters. The van der Waals surface area contributed by atoms with Crippen LogP contribution in [0.3, 0.4) is 0 Å². The molecule has 0 spiro atoms. The molecule has 0 bridgehead atoms. The molecule has 0 N–H and O–H groups in total. The van der Waals surface area contributed by atoms with Gasteiger partial charge in [-0.15, -0.1) is 0 Å². The van der Waals surface area contributed by atoms with Gasteiger partial charge in [-0.2, -0.15) is 13.2 Å². The molecule has 1 aliphatic heterocycles. The van der Waals surface area contributed by atoms with Crippen LogP contribution >= 0.6 is 0 Å². The number of rotatable bonds is 9. The summed E-state index contributed by atoms with van der Waals surface area (Å²) in [4.78, 5) is 26.2. The number of anilines is 2. The molecule has 4 heterocycles. The first-order chi connectivity index (χ1) is 19.0. The Morgan fingerprint density at radius 3 is 2.40 bits per heavy atom. The predicted octanol–water partition coefficient (Wildman–Crippen LogP) is 4.71. The van der Waals surface area contributed by atoms with E-state index in [1.54, 1.807) is 20.4 Å². The highest BCUT2D eigenvalue weighted by Crippen LogP contribution is 2.45. The molecule has 0 radical (unpaired) electrons. The Morgan fingerprint density at radius 1 is 1.07 bits per heavy atom. The fourth-order valence-electron chi connectivity index (χ4n) is 5.18. The van der Waals surface area contributed by atoms with Gasteiger partial charge in [0.25, 0.3) is 0 Å². The van der Waals surface area contributed by atoms with Gasteiger partial charge >= 0.3 is 6.18 Å². The largest absolute Gasteiger partial charge is 0.486 e. The summed E-state index contributed by atoms with van der Waals surface area (Å²) >= 11 is 0. The lowest BCUT2D eigenvalue weighted by molar-refractivity contribution is -0.140. The van der Waals surface area contributed by atoms with Crippen LogP contribution in [0.1, 0.15) is 56.8 Å². The smallest absolute Gasteiger partial charge is 0.434 e. The summed E-state index contributed by atoms with van der Waals surface area (Å²) in [6, 6.07) is 0. The minimum atomic E-state index is -4.46. The van der Waals surface area contributed by atoms with E-state index in [9.17, 15) is 13.2 Å². The van der Waals surface area contributed by atoms with E-state index in [0.29, 0.717) is 66.3 Å². The van der Waals surface area contributed by atoms with E-state index in [4.69, 9.17) is 14.5 Å². The first kappa shape index (κ1) is 27.9. The Bertz CT molecular complexity index is 1330. The predicted molar refractivity (Wildman–Crippen MR) is 144 cm³/mol. The van der Waals surface area contributed by atoms with E-state index in [-0.39, 0.29) is 6.10 Å². The van der Waals surface area contributed by atoms with Gasteiger partial charge in [0.05, 0.1) is 25.1 Å². The van der Waals surface area contributed by atoms with Crippen LogP contribution in [-0.2, 0) is 13.2 Å². The van der Waals surface area contributed by atoms with Crippen LogP contribution in [0.25, 0.3) is 11.4 Å². The Balaban J connectivity index is 1.35. The van der Waals surface area contributed by atoms with Crippen molar-refractivity contribution in [3.63, 3.8) is 0 Å². The van der Waals surface area contributed by atoms with Crippen molar-refractivity contribution in [3.8, 4) is 23.0 Å². The van der Waals surface area contributed by atoms with Gasteiger partial charge in [0.1, 0.15) is 11.9 Å². The van der Waals surface area contributed by atoms with E-state index >= 15 is 0 Å². The summed E-state index contributed by atoms with van der Waals surface area (Å²) in [5.74, 6) is 3.17. The van der Waals surface area contributed by atoms with E-state index < -0.39 is 11.9 Å². The summed E-state index contributed by atoms with van der Waals surface area (Å²) in [6.07, 6.45) is 3.45. The van der Waals surface area contributed by atoms with Gasteiger partial charge in [0, 0.05) is 45.8 Å². The number of halogens is 3. The number of ether oxygens (including phenoxy) is 2. The van der Waals surface area contributed by atoms with Gasteiger partial charge in [-0.25, -0.2) is 24.9 Å². The first-order valence-corrected chi connectivity index (χ1v) is 13.5. The molecule has 1 saturated heterocycles. The van der Waals surface area contributed by atoms with Crippen LogP contribution in [0.2, 0.25) is 0 Å². The number of hydrogen-bond acceptors (Lipinski definition) is 9. The van der Waals surface area contributed by atoms with Gasteiger partial charge in [0.2, 0.25) is 11.8 Å². The SMILES string of the molecule is COc1ncnc(C2CC2)c1-c1ncc(OC(C)C)c(N(C)CC2CCN(c3nc(C(F)(F)F)cn3C)CC2)n1. The quantitative estimate of drug-likeness (QED) is 0.369. The number of aromatic nitrogens is 6. The molecule has 40 heavy (non-hydrogen) atoms. The normalized spacial score (nSPS) is 16.5. The molecular formula is C27H35F3N8O2. The number of hydrogen-bond donors (Lipinski definition) is 0. The second kappa shape index (κ2) is 11.1. The van der Waals surface area contributed by atoms with Crippen LogP contribution in [0.4, 0.5) is 24.9 Å². The third-order valence-corrected chi connectivity index (χ3v) is 7.26. The highest BCUT2D eigenvalue weighted by molar-refractivity contribution is 5.68. The molecule has 2 aliphatic rings. The van der Waals surface area contributed by atoms with Gasteiger partial charge in [-0.1, -0.05) is 0 Å². The van der Waals surface area contributed by atoms with Crippen molar-refractivity contribution in [1.29, 1.82) is 0 Å². The van der Waals surface area contributed by atoms with Crippen LogP contribution in [0.15, 0.2) is 18.7 Å². The fourth-order valence-corrected chi connectivity index (χ4v) is 5.18. The number of nitrogens with zero attached hydrogens (tertiary/aromatic N) is 8. The molecule has 216 valence electrons. The summed E-state index contributed by atoms with van der Waals surface area (Å²) in [7, 11) is 5.15. The third-order valence-electron chi connectivity index (χ3n) is 7.26. The Hall–Kier alpha value is -3.64. The average Bonchev–Trinajstić information content (AvgIpc) is 3.68. The van der Waals surface area contributed by atoms with Gasteiger partial charge in [0.15, 0.2) is 23.1 Å². The van der Waals surface area contributed by atoms with Crippen molar-refractivity contribution >= 4 is 11.8 Å². The Labute approximate surface area is 231 Å². The minimum Gasteiger partial charge on any atom is -0.486 e. The molecule has 3 aromatic rings. The maximum Gasteiger partial charge on any atom is 0.434 e. The maximum atomic E-state index is 13.1. The summed E-state index contributed by atoms with van der Waals surface area (Å²) in [6.45, 7) is 5.84. The zero-order chi connectivity index (χ0) is 28.6. The third kappa shape index (κ3) is 5.92. The van der Waals surface area contributed by atoms with Crippen molar-refractivity contribution in [3.05, 3.63) is 30.1 Å². The van der Waals surface area contributed by atoms with Crippen molar-refractivity contribution in [2.45, 2.75) is 57.7 Å². The molecule has 2 fully saturated rings. The molecular weight excluding hydrogens is 525 g/mol. The molecule has 13 heteroatoms. The molecule has 0 unspecified atom stereocenters. The Morgan fingerprint density at radius 2 is 1.80 bits per heavy atom. The average molecular weight is 561 g/mol. The standard InChI is InChI=1S/C27H35F3N8O2/c1-16(2)40-19-12-31-23(21-22(18-6-7-18)32-15-33-25(21)39-5)35-24(19)36(3)13-17-8-10-38(11-9-17)26-34-20(14-37(26)4)27(28,29)30/h12,14-18H,6-11,13H2,1-5H3. The number of methoxy groups -OCH3 is 1. The summed E-state index contributed by atoms with van der Waals surface area (Å²) < 4.78 is 52.5. The van der Waals surface area contributed by atoms with E-state index in [1.165, 1.54) is 10.9 Å². The van der Waals surface area contributed by atoms with Crippen molar-refractivity contribution in [2.75, 3.05) is 43.6 Å². The fraction of sp³-hybridized carbons (Fsp3) is 0.593. The second-order valence-corrected chi connectivity index (χ2v) is 10.8. The Kier molecular flexibility index (Phi) is 7.74.